The Balaban J connectivity index is 2.21. The zero-order chi connectivity index (χ0) is 14.0. The third-order valence-electron chi connectivity index (χ3n) is 3.90. The molecule has 1 unspecified atom stereocenters. The van der Waals surface area contributed by atoms with Gasteiger partial charge in [0.2, 0.25) is 5.92 Å². The van der Waals surface area contributed by atoms with E-state index in [2.05, 4.69) is 5.10 Å². The third-order valence-corrected chi connectivity index (χ3v) is 3.90. The number of carbonyl (C=O) groups excluding carboxylic acids is 1. The Morgan fingerprint density at radius 2 is 2.16 bits per heavy atom. The topological polar surface area (TPSA) is 34.9 Å². The number of aryl methyl sites for hydroxylation is 1. The van der Waals surface area contributed by atoms with Gasteiger partial charge in [0.05, 0.1) is 11.3 Å². The van der Waals surface area contributed by atoms with Crippen molar-refractivity contribution in [3.63, 3.8) is 0 Å². The summed E-state index contributed by atoms with van der Waals surface area (Å²) < 4.78 is 28.2. The maximum Gasteiger partial charge on any atom is 0.248 e. The maximum atomic E-state index is 13.2. The molecule has 0 aliphatic heterocycles. The smallest absolute Gasteiger partial charge is 0.248 e. The van der Waals surface area contributed by atoms with Gasteiger partial charge < -0.3 is 0 Å². The van der Waals surface area contributed by atoms with Gasteiger partial charge in [-0.2, -0.15) is 5.10 Å². The van der Waals surface area contributed by atoms with Crippen LogP contribution in [-0.4, -0.2) is 22.0 Å². The zero-order valence-electron chi connectivity index (χ0n) is 11.5. The van der Waals surface area contributed by atoms with E-state index in [1.165, 1.54) is 0 Å². The van der Waals surface area contributed by atoms with E-state index >= 15 is 0 Å². The lowest BCUT2D eigenvalue weighted by atomic mass is 10.1. The van der Waals surface area contributed by atoms with Crippen LogP contribution in [0.15, 0.2) is 0 Å². The number of carbonyl (C=O) groups is 1. The molecule has 0 amide bonds. The third kappa shape index (κ3) is 2.85. The van der Waals surface area contributed by atoms with E-state index < -0.39 is 5.92 Å². The number of alkyl halides is 2. The summed E-state index contributed by atoms with van der Waals surface area (Å²) in [6.45, 7) is 4.41. The number of hydrogen-bond acceptors (Lipinski definition) is 2. The molecule has 5 heteroatoms. The van der Waals surface area contributed by atoms with Gasteiger partial charge in [-0.15, -0.1) is 0 Å². The van der Waals surface area contributed by atoms with Gasteiger partial charge in [-0.05, 0) is 25.2 Å². The summed E-state index contributed by atoms with van der Waals surface area (Å²) in [6.07, 6.45) is 2.67. The average Bonchev–Trinajstić information content (AvgIpc) is 2.89. The first-order valence-electron chi connectivity index (χ1n) is 6.92. The molecule has 0 aromatic carbocycles. The highest BCUT2D eigenvalue weighted by atomic mass is 19.3. The summed E-state index contributed by atoms with van der Waals surface area (Å²) in [5.41, 5.74) is 2.30. The largest absolute Gasteiger partial charge is 0.298 e. The normalized spacial score (nSPS) is 21.8. The number of nitrogens with zero attached hydrogens (tertiary/aromatic N) is 2. The Morgan fingerprint density at radius 3 is 2.63 bits per heavy atom. The Bertz CT molecular complexity index is 468. The Labute approximate surface area is 112 Å². The van der Waals surface area contributed by atoms with Crippen molar-refractivity contribution in [2.24, 2.45) is 5.92 Å². The van der Waals surface area contributed by atoms with Crippen LogP contribution in [0.25, 0.3) is 0 Å². The molecule has 1 fully saturated rings. The van der Waals surface area contributed by atoms with Crippen molar-refractivity contribution in [2.75, 3.05) is 0 Å². The van der Waals surface area contributed by atoms with Crippen molar-refractivity contribution in [1.29, 1.82) is 0 Å². The first-order chi connectivity index (χ1) is 9.00. The van der Waals surface area contributed by atoms with Crippen molar-refractivity contribution in [1.82, 2.24) is 9.78 Å². The maximum absolute atomic E-state index is 13.2. The molecule has 3 nitrogen and oxygen atoms in total. The lowest BCUT2D eigenvalue weighted by molar-refractivity contribution is 0.00418. The molecular weight excluding hydrogens is 250 g/mol. The number of aromatic nitrogens is 2. The van der Waals surface area contributed by atoms with E-state index in [-0.39, 0.29) is 18.8 Å². The van der Waals surface area contributed by atoms with Crippen LogP contribution in [0.1, 0.15) is 54.9 Å². The molecular formula is C14H20F2N2O. The number of aldehydes is 1. The van der Waals surface area contributed by atoms with Crippen LogP contribution >= 0.6 is 0 Å². The van der Waals surface area contributed by atoms with Crippen LogP contribution in [0.4, 0.5) is 8.78 Å². The molecule has 1 aliphatic carbocycles. The fourth-order valence-corrected chi connectivity index (χ4v) is 2.93. The first-order valence-corrected chi connectivity index (χ1v) is 6.92. The summed E-state index contributed by atoms with van der Waals surface area (Å²) >= 11 is 0. The minimum absolute atomic E-state index is 0.0262. The van der Waals surface area contributed by atoms with Crippen molar-refractivity contribution < 1.29 is 13.6 Å². The summed E-state index contributed by atoms with van der Waals surface area (Å²) in [6, 6.07) is 0. The number of halogens is 2. The highest BCUT2D eigenvalue weighted by molar-refractivity contribution is 5.78. The van der Waals surface area contributed by atoms with Gasteiger partial charge in [-0.1, -0.05) is 13.8 Å². The molecule has 106 valence electrons. The molecule has 1 saturated carbocycles. The summed E-state index contributed by atoms with van der Waals surface area (Å²) in [4.78, 5) is 11.1. The summed E-state index contributed by atoms with van der Waals surface area (Å²) in [5, 5.41) is 4.42. The number of rotatable bonds is 5. The summed E-state index contributed by atoms with van der Waals surface area (Å²) in [7, 11) is 0. The van der Waals surface area contributed by atoms with Crippen LogP contribution in [-0.2, 0) is 19.4 Å². The van der Waals surface area contributed by atoms with Crippen molar-refractivity contribution in [2.45, 2.75) is 58.4 Å². The van der Waals surface area contributed by atoms with Crippen LogP contribution in [0, 0.1) is 5.92 Å². The fourth-order valence-electron chi connectivity index (χ4n) is 2.93. The molecule has 2 rings (SSSR count). The second-order valence-corrected chi connectivity index (χ2v) is 5.28. The van der Waals surface area contributed by atoms with E-state index in [1.807, 2.05) is 13.8 Å². The Morgan fingerprint density at radius 1 is 1.42 bits per heavy atom. The van der Waals surface area contributed by atoms with Gasteiger partial charge in [0, 0.05) is 25.1 Å². The predicted molar refractivity (Wildman–Crippen MR) is 68.7 cm³/mol. The molecule has 1 aromatic heterocycles. The second kappa shape index (κ2) is 5.39. The van der Waals surface area contributed by atoms with Crippen molar-refractivity contribution in [3.8, 4) is 0 Å². The minimum Gasteiger partial charge on any atom is -0.298 e. The van der Waals surface area contributed by atoms with E-state index in [1.54, 1.807) is 4.68 Å². The quantitative estimate of drug-likeness (QED) is 0.770. The molecule has 1 heterocycles. The number of hydrogen-bond donors (Lipinski definition) is 0. The molecule has 19 heavy (non-hydrogen) atoms. The highest BCUT2D eigenvalue weighted by Crippen LogP contribution is 2.39. The van der Waals surface area contributed by atoms with Crippen molar-refractivity contribution >= 4 is 6.29 Å². The first kappa shape index (κ1) is 14.2. The molecule has 0 N–H and O–H groups in total. The van der Waals surface area contributed by atoms with Crippen LogP contribution in [0.3, 0.4) is 0 Å². The standard InChI is InChI=1S/C14H20F2N2O/c1-3-12-11(9-19)13(4-2)18(17-12)8-10-5-6-14(15,16)7-10/h9-10H,3-8H2,1-2H3. The van der Waals surface area contributed by atoms with Gasteiger partial charge in [0.1, 0.15) is 0 Å². The van der Waals surface area contributed by atoms with Gasteiger partial charge in [0.25, 0.3) is 0 Å². The second-order valence-electron chi connectivity index (χ2n) is 5.28. The van der Waals surface area contributed by atoms with Gasteiger partial charge in [0.15, 0.2) is 6.29 Å². The fraction of sp³-hybridized carbons (Fsp3) is 0.714. The molecule has 0 spiro atoms. The zero-order valence-corrected chi connectivity index (χ0v) is 11.5. The van der Waals surface area contributed by atoms with Crippen LogP contribution in [0.5, 0.6) is 0 Å². The predicted octanol–water partition coefficient (Wildman–Crippen LogP) is 3.26. The van der Waals surface area contributed by atoms with Gasteiger partial charge >= 0.3 is 0 Å². The average molecular weight is 270 g/mol. The molecule has 1 atom stereocenters. The molecule has 1 aromatic rings. The van der Waals surface area contributed by atoms with Crippen LogP contribution in [0.2, 0.25) is 0 Å². The monoisotopic (exact) mass is 270 g/mol. The molecule has 1 aliphatic rings. The molecule has 0 bridgehead atoms. The van der Waals surface area contributed by atoms with E-state index in [0.717, 1.165) is 17.7 Å². The SMILES string of the molecule is CCc1nn(CC2CCC(F)(F)C2)c(CC)c1C=O. The van der Waals surface area contributed by atoms with Gasteiger partial charge in [-0.3, -0.25) is 9.48 Å². The Hall–Kier alpha value is -1.26. The van der Waals surface area contributed by atoms with E-state index in [0.29, 0.717) is 31.4 Å². The van der Waals surface area contributed by atoms with E-state index in [9.17, 15) is 13.6 Å². The molecule has 0 radical (unpaired) electrons. The van der Waals surface area contributed by atoms with E-state index in [4.69, 9.17) is 0 Å². The summed E-state index contributed by atoms with van der Waals surface area (Å²) in [5.74, 6) is -2.56. The van der Waals surface area contributed by atoms with Crippen LogP contribution < -0.4 is 0 Å². The lowest BCUT2D eigenvalue weighted by Gasteiger charge is -2.12. The molecule has 0 saturated heterocycles. The lowest BCUT2D eigenvalue weighted by Crippen LogP contribution is -2.15. The highest BCUT2D eigenvalue weighted by Gasteiger charge is 2.39. The van der Waals surface area contributed by atoms with Gasteiger partial charge in [-0.25, -0.2) is 8.78 Å². The minimum atomic E-state index is -2.52. The van der Waals surface area contributed by atoms with Crippen molar-refractivity contribution in [3.05, 3.63) is 17.0 Å². The Kier molecular flexibility index (Phi) is 4.02.